The van der Waals surface area contributed by atoms with Crippen molar-refractivity contribution in [3.8, 4) is 5.75 Å². The van der Waals surface area contributed by atoms with Crippen LogP contribution in [-0.2, 0) is 9.47 Å². The Morgan fingerprint density at radius 1 is 1.23 bits per heavy atom. The number of methoxy groups -OCH3 is 2. The molecule has 1 aromatic carbocycles. The lowest BCUT2D eigenvalue weighted by Crippen LogP contribution is -2.47. The van der Waals surface area contributed by atoms with Crippen LogP contribution in [0.5, 0.6) is 5.75 Å². The van der Waals surface area contributed by atoms with Gasteiger partial charge in [0, 0.05) is 31.2 Å². The second kappa shape index (κ2) is 11.6. The normalized spacial score (nSPS) is 15.8. The maximum absolute atomic E-state index is 12.7. The van der Waals surface area contributed by atoms with E-state index in [2.05, 4.69) is 10.6 Å². The molecule has 1 heterocycles. The van der Waals surface area contributed by atoms with E-state index in [-0.39, 0.29) is 23.7 Å². The van der Waals surface area contributed by atoms with Crippen LogP contribution in [0.1, 0.15) is 23.2 Å². The van der Waals surface area contributed by atoms with Gasteiger partial charge in [0.2, 0.25) is 0 Å². The first-order valence-corrected chi connectivity index (χ1v) is 8.87. The molecule has 1 fully saturated rings. The minimum absolute atomic E-state index is 0. The summed E-state index contributed by atoms with van der Waals surface area (Å²) < 4.78 is 16.0. The molecule has 0 spiro atoms. The average molecular weight is 407 g/mol. The zero-order valence-corrected chi connectivity index (χ0v) is 16.9. The van der Waals surface area contributed by atoms with Crippen LogP contribution >= 0.6 is 24.0 Å². The molecule has 0 bridgehead atoms. The number of rotatable bonds is 9. The van der Waals surface area contributed by atoms with Gasteiger partial charge >= 0.3 is 0 Å². The molecule has 0 saturated carbocycles. The van der Waals surface area contributed by atoms with Crippen LogP contribution in [0.15, 0.2) is 18.2 Å². The van der Waals surface area contributed by atoms with Gasteiger partial charge in [0.05, 0.1) is 18.8 Å². The Morgan fingerprint density at radius 2 is 1.96 bits per heavy atom. The molecule has 8 heteroatoms. The number of amides is 1. The summed E-state index contributed by atoms with van der Waals surface area (Å²) in [6, 6.07) is 5.05. The van der Waals surface area contributed by atoms with Gasteiger partial charge in [-0.15, -0.1) is 12.4 Å². The summed E-state index contributed by atoms with van der Waals surface area (Å²) in [7, 11) is 3.30. The molecule has 1 saturated heterocycles. The number of hydrogen-bond donors (Lipinski definition) is 2. The van der Waals surface area contributed by atoms with Crippen molar-refractivity contribution in [1.29, 1.82) is 0 Å². The minimum Gasteiger partial charge on any atom is -0.490 e. The summed E-state index contributed by atoms with van der Waals surface area (Å²) in [5.41, 5.74) is 0.399. The predicted molar refractivity (Wildman–Crippen MR) is 105 cm³/mol. The molecule has 1 aliphatic rings. The maximum Gasteiger partial charge on any atom is 0.255 e. The van der Waals surface area contributed by atoms with Crippen molar-refractivity contribution in [2.75, 3.05) is 53.7 Å². The number of benzene rings is 1. The molecule has 1 aliphatic heterocycles. The van der Waals surface area contributed by atoms with E-state index < -0.39 is 0 Å². The highest BCUT2D eigenvalue weighted by molar-refractivity contribution is 6.31. The molecule has 0 atom stereocenters. The van der Waals surface area contributed by atoms with E-state index in [0.29, 0.717) is 42.7 Å². The van der Waals surface area contributed by atoms with Crippen LogP contribution in [0.2, 0.25) is 5.02 Å². The van der Waals surface area contributed by atoms with Gasteiger partial charge in [0.1, 0.15) is 12.4 Å². The van der Waals surface area contributed by atoms with Crippen LogP contribution in [-0.4, -0.2) is 59.6 Å². The molecule has 0 unspecified atom stereocenters. The molecule has 6 nitrogen and oxygen atoms in total. The highest BCUT2D eigenvalue weighted by Gasteiger charge is 2.32. The standard InChI is InChI=1S/C18H27ClN2O4.ClH/c1-23-9-10-25-16-4-3-14(19)11-15(16)17(22)21-12-18(13-24-2)5-7-20-8-6-18;/h3-4,11,20H,5-10,12-13H2,1-2H3,(H,21,22);1H. The molecule has 2 rings (SSSR count). The van der Waals surface area contributed by atoms with E-state index in [0.717, 1.165) is 25.9 Å². The highest BCUT2D eigenvalue weighted by atomic mass is 35.5. The van der Waals surface area contributed by atoms with E-state index in [1.165, 1.54) is 0 Å². The summed E-state index contributed by atoms with van der Waals surface area (Å²) in [6.45, 7) is 3.88. The van der Waals surface area contributed by atoms with Crippen LogP contribution in [0.4, 0.5) is 0 Å². The van der Waals surface area contributed by atoms with E-state index >= 15 is 0 Å². The monoisotopic (exact) mass is 406 g/mol. The van der Waals surface area contributed by atoms with Crippen molar-refractivity contribution in [1.82, 2.24) is 10.6 Å². The fourth-order valence-corrected chi connectivity index (χ4v) is 3.21. The van der Waals surface area contributed by atoms with Crippen LogP contribution in [0.25, 0.3) is 0 Å². The van der Waals surface area contributed by atoms with Gasteiger partial charge in [-0.25, -0.2) is 0 Å². The summed E-state index contributed by atoms with van der Waals surface area (Å²) in [5.74, 6) is 0.314. The Balaban J connectivity index is 0.00000338. The van der Waals surface area contributed by atoms with Gasteiger partial charge in [-0.05, 0) is 44.1 Å². The SMILES string of the molecule is COCCOc1ccc(Cl)cc1C(=O)NCC1(COC)CCNCC1.Cl. The number of nitrogens with one attached hydrogen (secondary N) is 2. The lowest BCUT2D eigenvalue weighted by Gasteiger charge is -2.37. The first-order chi connectivity index (χ1) is 12.1. The topological polar surface area (TPSA) is 68.8 Å². The third-order valence-electron chi connectivity index (χ3n) is 4.47. The Bertz CT molecular complexity index is 561. The zero-order valence-electron chi connectivity index (χ0n) is 15.3. The Morgan fingerprint density at radius 3 is 2.62 bits per heavy atom. The Labute approximate surface area is 166 Å². The van der Waals surface area contributed by atoms with Crippen molar-refractivity contribution < 1.29 is 19.0 Å². The van der Waals surface area contributed by atoms with Crippen LogP contribution in [0.3, 0.4) is 0 Å². The quantitative estimate of drug-likeness (QED) is 0.616. The van der Waals surface area contributed by atoms with Crippen molar-refractivity contribution >= 4 is 29.9 Å². The highest BCUT2D eigenvalue weighted by Crippen LogP contribution is 2.29. The molecule has 0 radical (unpaired) electrons. The summed E-state index contributed by atoms with van der Waals surface area (Å²) >= 11 is 6.06. The van der Waals surface area contributed by atoms with Crippen molar-refractivity contribution in [3.63, 3.8) is 0 Å². The number of piperidine rings is 1. The number of ether oxygens (including phenoxy) is 3. The molecule has 26 heavy (non-hydrogen) atoms. The lowest BCUT2D eigenvalue weighted by atomic mass is 9.79. The van der Waals surface area contributed by atoms with Gasteiger partial charge in [0.25, 0.3) is 5.91 Å². The molecule has 0 aromatic heterocycles. The lowest BCUT2D eigenvalue weighted by molar-refractivity contribution is 0.0511. The predicted octanol–water partition coefficient (Wildman–Crippen LogP) is 2.53. The largest absolute Gasteiger partial charge is 0.490 e. The molecule has 1 amide bonds. The van der Waals surface area contributed by atoms with E-state index in [4.69, 9.17) is 25.8 Å². The van der Waals surface area contributed by atoms with E-state index in [9.17, 15) is 4.79 Å². The number of carbonyl (C=O) groups excluding carboxylic acids is 1. The number of halogens is 2. The second-order valence-corrected chi connectivity index (χ2v) is 6.78. The smallest absolute Gasteiger partial charge is 0.255 e. The fourth-order valence-electron chi connectivity index (χ4n) is 3.04. The van der Waals surface area contributed by atoms with Gasteiger partial charge in [-0.1, -0.05) is 11.6 Å². The third kappa shape index (κ3) is 6.59. The maximum atomic E-state index is 12.7. The first-order valence-electron chi connectivity index (χ1n) is 8.49. The molecule has 148 valence electrons. The van der Waals surface area contributed by atoms with Crippen LogP contribution in [0, 0.1) is 5.41 Å². The Hall–Kier alpha value is -1.05. The number of carbonyl (C=O) groups is 1. The molecule has 0 aliphatic carbocycles. The van der Waals surface area contributed by atoms with Gasteiger partial charge in [-0.2, -0.15) is 0 Å². The fraction of sp³-hybridized carbons (Fsp3) is 0.611. The van der Waals surface area contributed by atoms with Crippen molar-refractivity contribution in [3.05, 3.63) is 28.8 Å². The van der Waals surface area contributed by atoms with Gasteiger partial charge < -0.3 is 24.8 Å². The van der Waals surface area contributed by atoms with E-state index in [1.807, 2.05) is 0 Å². The summed E-state index contributed by atoms with van der Waals surface area (Å²) in [6.07, 6.45) is 1.93. The summed E-state index contributed by atoms with van der Waals surface area (Å²) in [4.78, 5) is 12.7. The molecular weight excluding hydrogens is 379 g/mol. The van der Waals surface area contributed by atoms with Crippen molar-refractivity contribution in [2.45, 2.75) is 12.8 Å². The minimum atomic E-state index is -0.191. The first kappa shape index (κ1) is 23.0. The summed E-state index contributed by atoms with van der Waals surface area (Å²) in [5, 5.41) is 6.88. The second-order valence-electron chi connectivity index (χ2n) is 6.35. The molecule has 2 N–H and O–H groups in total. The van der Waals surface area contributed by atoms with Crippen LogP contribution < -0.4 is 15.4 Å². The van der Waals surface area contributed by atoms with Gasteiger partial charge in [-0.3, -0.25) is 4.79 Å². The molecule has 1 aromatic rings. The molecular formula is C18H28Cl2N2O4. The number of hydrogen-bond acceptors (Lipinski definition) is 5. The van der Waals surface area contributed by atoms with Gasteiger partial charge in [0.15, 0.2) is 0 Å². The third-order valence-corrected chi connectivity index (χ3v) is 4.71. The average Bonchev–Trinajstić information content (AvgIpc) is 2.62. The zero-order chi connectivity index (χ0) is 18.1. The van der Waals surface area contributed by atoms with E-state index in [1.54, 1.807) is 32.4 Å². The van der Waals surface area contributed by atoms with Crippen molar-refractivity contribution in [2.24, 2.45) is 5.41 Å². The Kier molecular flexibility index (Phi) is 10.3.